The lowest BCUT2D eigenvalue weighted by atomic mass is 10.2. The number of nitrogens with one attached hydrogen (secondary N) is 1. The fraction of sp³-hybridized carbons (Fsp3) is 0.273. The second kappa shape index (κ2) is 4.82. The number of carbonyl (C=O) groups is 2. The third-order valence-electron chi connectivity index (χ3n) is 2.21. The number of ether oxygens (including phenoxy) is 1. The topological polar surface area (TPSA) is 98.1 Å². The van der Waals surface area contributed by atoms with Crippen LogP contribution in [0.3, 0.4) is 0 Å². The molecule has 0 aliphatic heterocycles. The number of ketones is 1. The van der Waals surface area contributed by atoms with Crippen molar-refractivity contribution in [3.63, 3.8) is 0 Å². The van der Waals surface area contributed by atoms with Crippen molar-refractivity contribution in [1.29, 1.82) is 0 Å². The van der Waals surface area contributed by atoms with E-state index >= 15 is 0 Å². The van der Waals surface area contributed by atoms with E-state index < -0.39 is 5.97 Å². The number of H-pyrrole nitrogens is 1. The molecule has 0 atom stereocenters. The molecule has 0 saturated carbocycles. The summed E-state index contributed by atoms with van der Waals surface area (Å²) in [7, 11) is 0. The van der Waals surface area contributed by atoms with Crippen LogP contribution in [-0.4, -0.2) is 26.9 Å². The smallest absolute Gasteiger partial charge is 0.355 e. The molecule has 0 radical (unpaired) electrons. The highest BCUT2D eigenvalue weighted by molar-refractivity contribution is 5.97. The lowest BCUT2D eigenvalue weighted by Gasteiger charge is -1.98. The van der Waals surface area contributed by atoms with Crippen LogP contribution in [0, 0.1) is 6.92 Å². The predicted octanol–water partition coefficient (Wildman–Crippen LogP) is 1.27. The Kier molecular flexibility index (Phi) is 3.22. The minimum absolute atomic E-state index is 0.103. The number of hydrogen-bond donors (Lipinski definition) is 1. The summed E-state index contributed by atoms with van der Waals surface area (Å²) in [6.45, 7) is 2.98. The second-order valence-corrected chi connectivity index (χ2v) is 3.67. The Labute approximate surface area is 102 Å². The van der Waals surface area contributed by atoms with Gasteiger partial charge in [-0.15, -0.1) is 0 Å². The lowest BCUT2D eigenvalue weighted by molar-refractivity contribution is 0.0423. The fourth-order valence-corrected chi connectivity index (χ4v) is 1.32. The number of aromatic nitrogens is 3. The maximum absolute atomic E-state index is 11.6. The highest BCUT2D eigenvalue weighted by Crippen LogP contribution is 2.07. The van der Waals surface area contributed by atoms with Crippen molar-refractivity contribution in [2.24, 2.45) is 0 Å². The fourth-order valence-electron chi connectivity index (χ4n) is 1.32. The molecule has 0 aromatic carbocycles. The highest BCUT2D eigenvalue weighted by atomic mass is 16.6. The summed E-state index contributed by atoms with van der Waals surface area (Å²) in [6.07, 6.45) is 1.45. The van der Waals surface area contributed by atoms with Gasteiger partial charge in [0.25, 0.3) is 5.89 Å². The predicted molar refractivity (Wildman–Crippen MR) is 59.0 cm³/mol. The maximum Gasteiger partial charge on any atom is 0.355 e. The van der Waals surface area contributed by atoms with Crippen molar-refractivity contribution in [2.45, 2.75) is 20.5 Å². The monoisotopic (exact) mass is 249 g/mol. The van der Waals surface area contributed by atoms with E-state index in [0.29, 0.717) is 11.4 Å². The zero-order valence-electron chi connectivity index (χ0n) is 9.89. The molecule has 2 heterocycles. The quantitative estimate of drug-likeness (QED) is 0.647. The third kappa shape index (κ3) is 2.62. The van der Waals surface area contributed by atoms with E-state index in [0.717, 1.165) is 0 Å². The summed E-state index contributed by atoms with van der Waals surface area (Å²) in [5.74, 6) is -0.0184. The molecule has 18 heavy (non-hydrogen) atoms. The highest BCUT2D eigenvalue weighted by Gasteiger charge is 2.13. The van der Waals surface area contributed by atoms with E-state index in [4.69, 9.17) is 9.26 Å². The number of Topliss-reactive ketones (excluding diaryl/α,β-unsaturated/α-hetero) is 1. The first-order valence-corrected chi connectivity index (χ1v) is 5.22. The minimum Gasteiger partial charge on any atom is -0.451 e. The van der Waals surface area contributed by atoms with E-state index in [1.165, 1.54) is 19.2 Å². The number of esters is 1. The van der Waals surface area contributed by atoms with E-state index in [-0.39, 0.29) is 24.0 Å². The van der Waals surface area contributed by atoms with Crippen molar-refractivity contribution in [3.05, 3.63) is 35.2 Å². The maximum atomic E-state index is 11.6. The van der Waals surface area contributed by atoms with Gasteiger partial charge in [0, 0.05) is 11.8 Å². The molecule has 2 rings (SSSR count). The van der Waals surface area contributed by atoms with Crippen LogP contribution in [0.15, 0.2) is 16.8 Å². The van der Waals surface area contributed by atoms with Gasteiger partial charge in [0.05, 0.1) is 0 Å². The first-order valence-electron chi connectivity index (χ1n) is 5.22. The molecule has 7 heteroatoms. The summed E-state index contributed by atoms with van der Waals surface area (Å²) < 4.78 is 9.73. The molecule has 0 fully saturated rings. The van der Waals surface area contributed by atoms with E-state index in [9.17, 15) is 9.59 Å². The Hall–Kier alpha value is -2.44. The van der Waals surface area contributed by atoms with Crippen LogP contribution in [0.25, 0.3) is 0 Å². The zero-order chi connectivity index (χ0) is 13.1. The molecule has 2 aromatic rings. The van der Waals surface area contributed by atoms with E-state index in [2.05, 4.69) is 15.1 Å². The molecular weight excluding hydrogens is 238 g/mol. The molecule has 7 nitrogen and oxygen atoms in total. The van der Waals surface area contributed by atoms with Gasteiger partial charge in [0.2, 0.25) is 0 Å². The SMILES string of the molecule is CC(=O)c1c[nH]c(C(=O)OCc2nc(C)no2)c1. The number of aryl methyl sites for hydroxylation is 1. The Morgan fingerprint density at radius 2 is 2.28 bits per heavy atom. The molecular formula is C11H11N3O4. The summed E-state index contributed by atoms with van der Waals surface area (Å²) in [5.41, 5.74) is 0.632. The average molecular weight is 249 g/mol. The number of carbonyl (C=O) groups excluding carboxylic acids is 2. The van der Waals surface area contributed by atoms with Crippen molar-refractivity contribution in [2.75, 3.05) is 0 Å². The zero-order valence-corrected chi connectivity index (χ0v) is 9.89. The van der Waals surface area contributed by atoms with Crippen molar-refractivity contribution >= 4 is 11.8 Å². The number of nitrogens with zero attached hydrogens (tertiary/aromatic N) is 2. The van der Waals surface area contributed by atoms with Gasteiger partial charge in [-0.25, -0.2) is 4.79 Å². The average Bonchev–Trinajstić information content (AvgIpc) is 2.94. The van der Waals surface area contributed by atoms with Crippen LogP contribution < -0.4 is 0 Å². The van der Waals surface area contributed by atoms with Gasteiger partial charge in [-0.3, -0.25) is 4.79 Å². The van der Waals surface area contributed by atoms with Crippen molar-refractivity contribution < 1.29 is 18.8 Å². The molecule has 0 bridgehead atoms. The van der Waals surface area contributed by atoms with Crippen LogP contribution in [0.2, 0.25) is 0 Å². The summed E-state index contributed by atoms with van der Waals surface area (Å²) in [4.78, 5) is 29.2. The van der Waals surface area contributed by atoms with Crippen LogP contribution in [-0.2, 0) is 11.3 Å². The first-order chi connectivity index (χ1) is 8.56. The lowest BCUT2D eigenvalue weighted by Crippen LogP contribution is -2.05. The van der Waals surface area contributed by atoms with Gasteiger partial charge in [-0.2, -0.15) is 4.98 Å². The Bertz CT molecular complexity index is 585. The van der Waals surface area contributed by atoms with Crippen LogP contribution in [0.1, 0.15) is 39.5 Å². The Morgan fingerprint density at radius 1 is 1.50 bits per heavy atom. The van der Waals surface area contributed by atoms with E-state index in [1.807, 2.05) is 0 Å². The molecule has 2 aromatic heterocycles. The minimum atomic E-state index is -0.585. The second-order valence-electron chi connectivity index (χ2n) is 3.67. The van der Waals surface area contributed by atoms with Crippen LogP contribution >= 0.6 is 0 Å². The van der Waals surface area contributed by atoms with Gasteiger partial charge < -0.3 is 14.2 Å². The Morgan fingerprint density at radius 3 is 2.83 bits per heavy atom. The summed E-state index contributed by atoms with van der Waals surface area (Å²) >= 11 is 0. The van der Waals surface area contributed by atoms with Gasteiger partial charge >= 0.3 is 5.97 Å². The number of aromatic amines is 1. The molecule has 0 saturated heterocycles. The Balaban J connectivity index is 1.97. The number of hydrogen-bond acceptors (Lipinski definition) is 6. The van der Waals surface area contributed by atoms with E-state index in [1.54, 1.807) is 6.92 Å². The molecule has 94 valence electrons. The van der Waals surface area contributed by atoms with Gasteiger partial charge in [-0.1, -0.05) is 5.16 Å². The van der Waals surface area contributed by atoms with Crippen LogP contribution in [0.5, 0.6) is 0 Å². The molecule has 0 amide bonds. The number of rotatable bonds is 4. The van der Waals surface area contributed by atoms with Gasteiger partial charge in [0.1, 0.15) is 5.69 Å². The first kappa shape index (κ1) is 12.0. The molecule has 0 aliphatic rings. The molecule has 0 unspecified atom stereocenters. The van der Waals surface area contributed by atoms with Gasteiger partial charge in [-0.05, 0) is 19.9 Å². The summed E-state index contributed by atoms with van der Waals surface area (Å²) in [5, 5.41) is 3.56. The van der Waals surface area contributed by atoms with Crippen molar-refractivity contribution in [1.82, 2.24) is 15.1 Å². The third-order valence-corrected chi connectivity index (χ3v) is 2.21. The molecule has 0 spiro atoms. The molecule has 0 aliphatic carbocycles. The normalized spacial score (nSPS) is 10.3. The largest absolute Gasteiger partial charge is 0.451 e. The standard InChI is InChI=1S/C11H11N3O4/c1-6(15)8-3-9(12-4-8)11(16)17-5-10-13-7(2)14-18-10/h3-4,12H,5H2,1-2H3. The van der Waals surface area contributed by atoms with Crippen LogP contribution in [0.4, 0.5) is 0 Å². The van der Waals surface area contributed by atoms with Crippen molar-refractivity contribution in [3.8, 4) is 0 Å². The summed E-state index contributed by atoms with van der Waals surface area (Å²) in [6, 6.07) is 1.43. The molecule has 1 N–H and O–H groups in total. The van der Waals surface area contributed by atoms with Gasteiger partial charge in [0.15, 0.2) is 18.2 Å².